The molecule has 2 heteroatoms. The van der Waals surface area contributed by atoms with E-state index in [0.717, 1.165) is 55.8 Å². The topological polar surface area (TPSA) is 37.3 Å². The second kappa shape index (κ2) is 8.05. The molecule has 0 saturated heterocycles. The van der Waals surface area contributed by atoms with Crippen LogP contribution in [-0.2, 0) is 4.79 Å². The lowest BCUT2D eigenvalue weighted by molar-refractivity contribution is -0.121. The van der Waals surface area contributed by atoms with Crippen molar-refractivity contribution in [3.8, 4) is 0 Å². The summed E-state index contributed by atoms with van der Waals surface area (Å²) in [5.74, 6) is 4.28. The summed E-state index contributed by atoms with van der Waals surface area (Å²) >= 11 is 0. The van der Waals surface area contributed by atoms with Crippen molar-refractivity contribution in [3.63, 3.8) is 0 Å². The highest BCUT2D eigenvalue weighted by atomic mass is 16.3. The van der Waals surface area contributed by atoms with Gasteiger partial charge in [-0.05, 0) is 112 Å². The third-order valence-corrected chi connectivity index (χ3v) is 10.9. The number of rotatable bonds is 5. The second-order valence-electron chi connectivity index (χ2n) is 12.3. The summed E-state index contributed by atoms with van der Waals surface area (Å²) in [4.78, 5) is 11.6. The first-order valence-corrected chi connectivity index (χ1v) is 13.0. The molecule has 30 heavy (non-hydrogen) atoms. The fraction of sp³-hybridized carbons (Fsp3) is 0.893. The average Bonchev–Trinajstić information content (AvgIpc) is 2.71. The summed E-state index contributed by atoms with van der Waals surface area (Å²) in [6.45, 7) is 11.5. The summed E-state index contributed by atoms with van der Waals surface area (Å²) in [5.41, 5.74) is 1.91. The maximum atomic E-state index is 11.6. The van der Waals surface area contributed by atoms with Gasteiger partial charge in [0, 0.05) is 6.42 Å². The predicted octanol–water partition coefficient (Wildman–Crippen LogP) is 7.10. The zero-order chi connectivity index (χ0) is 21.7. The zero-order valence-corrected chi connectivity index (χ0v) is 20.3. The maximum Gasteiger partial charge on any atom is 0.129 e. The molecule has 3 fully saturated rings. The zero-order valence-electron chi connectivity index (χ0n) is 20.3. The van der Waals surface area contributed by atoms with Crippen LogP contribution in [0.15, 0.2) is 11.6 Å². The largest absolute Gasteiger partial charge is 0.390 e. The highest BCUT2D eigenvalue weighted by Crippen LogP contribution is 2.66. The van der Waals surface area contributed by atoms with Gasteiger partial charge in [0.25, 0.3) is 0 Å². The number of hydrogen-bond acceptors (Lipinski definition) is 2. The monoisotopic (exact) mass is 414 g/mol. The Morgan fingerprint density at radius 2 is 1.93 bits per heavy atom. The number of hydrogen-bond donors (Lipinski definition) is 1. The second-order valence-corrected chi connectivity index (χ2v) is 12.3. The fourth-order valence-electron chi connectivity index (χ4n) is 8.82. The summed E-state index contributed by atoms with van der Waals surface area (Å²) < 4.78 is 0. The number of allylic oxidation sites excluding steroid dienone is 1. The van der Waals surface area contributed by atoms with Crippen molar-refractivity contribution in [3.05, 3.63) is 11.6 Å². The molecule has 0 aromatic heterocycles. The number of carbonyl (C=O) groups excluding carboxylic acids is 1. The SMILES string of the molecule is CC[C@]1(O)CC[C@@]2(C)C(=CC[C@H]3[C@@H]4CCC[C@H]([C@H](C)CCC(C)=O)[C@@]4(C)CC[C@@H]32)C1. The predicted molar refractivity (Wildman–Crippen MR) is 124 cm³/mol. The molecule has 0 bridgehead atoms. The Labute approximate surface area is 185 Å². The van der Waals surface area contributed by atoms with Crippen LogP contribution in [0.25, 0.3) is 0 Å². The van der Waals surface area contributed by atoms with Crippen molar-refractivity contribution in [2.45, 2.75) is 117 Å². The molecular formula is C28H46O2. The number of fused-ring (bicyclic) bond motifs is 5. The molecule has 0 heterocycles. The molecule has 0 aromatic carbocycles. The lowest BCUT2D eigenvalue weighted by atomic mass is 9.42. The molecule has 0 spiro atoms. The van der Waals surface area contributed by atoms with E-state index in [4.69, 9.17) is 0 Å². The fourth-order valence-corrected chi connectivity index (χ4v) is 8.82. The van der Waals surface area contributed by atoms with Crippen molar-refractivity contribution in [2.75, 3.05) is 0 Å². The van der Waals surface area contributed by atoms with Crippen LogP contribution in [0.3, 0.4) is 0 Å². The molecule has 2 nitrogen and oxygen atoms in total. The van der Waals surface area contributed by atoms with E-state index in [2.05, 4.69) is 33.8 Å². The summed E-state index contributed by atoms with van der Waals surface area (Å²) in [7, 11) is 0. The summed E-state index contributed by atoms with van der Waals surface area (Å²) in [5, 5.41) is 11.0. The van der Waals surface area contributed by atoms with E-state index in [9.17, 15) is 9.90 Å². The first-order valence-electron chi connectivity index (χ1n) is 13.0. The van der Waals surface area contributed by atoms with Crippen LogP contribution in [0.2, 0.25) is 0 Å². The molecule has 4 rings (SSSR count). The standard InChI is InChI=1S/C28H46O2/c1-6-28(30)17-16-26(4)21(18-28)12-13-22-24-9-7-8-23(19(2)10-11-20(3)29)27(24,5)15-14-25(22)26/h12,19,22-25,30H,6-11,13-18H2,1-5H3/t19-,22+,23-,24+,25+,26+,27-,28+/m1/s1. The molecule has 0 aromatic rings. The van der Waals surface area contributed by atoms with Gasteiger partial charge in [-0.2, -0.15) is 0 Å². The highest BCUT2D eigenvalue weighted by Gasteiger charge is 2.58. The van der Waals surface area contributed by atoms with Crippen LogP contribution in [0.1, 0.15) is 112 Å². The smallest absolute Gasteiger partial charge is 0.129 e. The minimum Gasteiger partial charge on any atom is -0.390 e. The van der Waals surface area contributed by atoms with E-state index in [0.29, 0.717) is 22.5 Å². The molecular weight excluding hydrogens is 368 g/mol. The number of ketones is 1. The molecule has 0 aliphatic heterocycles. The minimum absolute atomic E-state index is 0.318. The van der Waals surface area contributed by atoms with Gasteiger partial charge in [-0.25, -0.2) is 0 Å². The lowest BCUT2D eigenvalue weighted by Crippen LogP contribution is -2.55. The van der Waals surface area contributed by atoms with Crippen LogP contribution >= 0.6 is 0 Å². The van der Waals surface area contributed by atoms with Crippen LogP contribution in [0.4, 0.5) is 0 Å². The lowest BCUT2D eigenvalue weighted by Gasteiger charge is -2.63. The van der Waals surface area contributed by atoms with Crippen LogP contribution in [-0.4, -0.2) is 16.5 Å². The van der Waals surface area contributed by atoms with Gasteiger partial charge in [-0.15, -0.1) is 0 Å². The number of Topliss-reactive ketones (excluding diaryl/α,β-unsaturated/α-hetero) is 1. The van der Waals surface area contributed by atoms with E-state index >= 15 is 0 Å². The Hall–Kier alpha value is -0.630. The third kappa shape index (κ3) is 3.63. The molecule has 4 aliphatic carbocycles. The molecule has 170 valence electrons. The van der Waals surface area contributed by atoms with E-state index in [1.807, 2.05) is 0 Å². The first-order chi connectivity index (χ1) is 14.1. The maximum absolute atomic E-state index is 11.6. The van der Waals surface area contributed by atoms with Gasteiger partial charge in [-0.3, -0.25) is 0 Å². The van der Waals surface area contributed by atoms with Crippen LogP contribution in [0, 0.1) is 40.4 Å². The normalized spacial score (nSPS) is 46.8. The van der Waals surface area contributed by atoms with E-state index in [1.165, 1.54) is 44.9 Å². The van der Waals surface area contributed by atoms with Gasteiger partial charge in [0.15, 0.2) is 0 Å². The van der Waals surface area contributed by atoms with E-state index in [-0.39, 0.29) is 0 Å². The van der Waals surface area contributed by atoms with Gasteiger partial charge in [0.2, 0.25) is 0 Å². The van der Waals surface area contributed by atoms with Crippen molar-refractivity contribution < 1.29 is 9.90 Å². The van der Waals surface area contributed by atoms with Gasteiger partial charge in [0.05, 0.1) is 5.60 Å². The summed E-state index contributed by atoms with van der Waals surface area (Å²) in [6, 6.07) is 0. The Kier molecular flexibility index (Phi) is 6.06. The Morgan fingerprint density at radius 3 is 2.63 bits per heavy atom. The average molecular weight is 415 g/mol. The van der Waals surface area contributed by atoms with Crippen LogP contribution in [0.5, 0.6) is 0 Å². The molecule has 8 atom stereocenters. The minimum atomic E-state index is -0.455. The van der Waals surface area contributed by atoms with E-state index < -0.39 is 5.60 Å². The van der Waals surface area contributed by atoms with Gasteiger partial charge in [-0.1, -0.05) is 45.8 Å². The van der Waals surface area contributed by atoms with E-state index in [1.54, 1.807) is 12.5 Å². The quantitative estimate of drug-likeness (QED) is 0.487. The van der Waals surface area contributed by atoms with Gasteiger partial charge >= 0.3 is 0 Å². The first kappa shape index (κ1) is 22.6. The third-order valence-electron chi connectivity index (χ3n) is 10.9. The van der Waals surface area contributed by atoms with Crippen molar-refractivity contribution in [1.29, 1.82) is 0 Å². The van der Waals surface area contributed by atoms with Gasteiger partial charge < -0.3 is 9.90 Å². The number of carbonyl (C=O) groups is 1. The molecule has 0 amide bonds. The van der Waals surface area contributed by atoms with Crippen molar-refractivity contribution >= 4 is 5.78 Å². The Bertz CT molecular complexity index is 695. The Balaban J connectivity index is 1.57. The van der Waals surface area contributed by atoms with Crippen molar-refractivity contribution in [1.82, 2.24) is 0 Å². The Morgan fingerprint density at radius 1 is 1.17 bits per heavy atom. The summed E-state index contributed by atoms with van der Waals surface area (Å²) in [6.07, 6.45) is 16.5. The molecule has 4 aliphatic rings. The molecule has 1 N–H and O–H groups in total. The molecule has 3 saturated carbocycles. The molecule has 0 unspecified atom stereocenters. The molecule has 0 radical (unpaired) electrons. The highest BCUT2D eigenvalue weighted by molar-refractivity contribution is 5.75. The number of aliphatic hydroxyl groups is 1. The van der Waals surface area contributed by atoms with Crippen molar-refractivity contribution in [2.24, 2.45) is 40.4 Å². The van der Waals surface area contributed by atoms with Gasteiger partial charge in [0.1, 0.15) is 5.78 Å². The van der Waals surface area contributed by atoms with Crippen LogP contribution < -0.4 is 0 Å².